The monoisotopic (exact) mass is 424 g/mol. The molecule has 0 amide bonds. The molecule has 2 aromatic carbocycles. The predicted octanol–water partition coefficient (Wildman–Crippen LogP) is 4.50. The third kappa shape index (κ3) is 4.59. The minimum Gasteiger partial charge on any atom is -0.508 e. The summed E-state index contributed by atoms with van der Waals surface area (Å²) in [7, 11) is 0. The second-order valence-electron chi connectivity index (χ2n) is 8.30. The van der Waals surface area contributed by atoms with Gasteiger partial charge in [-0.05, 0) is 63.8 Å². The van der Waals surface area contributed by atoms with Crippen molar-refractivity contribution in [1.29, 1.82) is 0 Å². The van der Waals surface area contributed by atoms with Crippen LogP contribution in [0.1, 0.15) is 60.8 Å². The first-order valence-electron chi connectivity index (χ1n) is 10.1. The van der Waals surface area contributed by atoms with Gasteiger partial charge in [0.25, 0.3) is 0 Å². The number of hydrogen-bond donors (Lipinski definition) is 4. The van der Waals surface area contributed by atoms with Gasteiger partial charge in [-0.3, -0.25) is 4.79 Å². The molecule has 0 aliphatic carbocycles. The van der Waals surface area contributed by atoms with Crippen LogP contribution in [0.5, 0.6) is 23.0 Å². The van der Waals surface area contributed by atoms with E-state index in [1.807, 2.05) is 39.8 Å². The minimum atomic E-state index is -1.54. The first-order valence-corrected chi connectivity index (χ1v) is 10.1. The van der Waals surface area contributed by atoms with Crippen LogP contribution in [-0.4, -0.2) is 32.3 Å². The zero-order valence-electron chi connectivity index (χ0n) is 18.1. The Morgan fingerprint density at radius 1 is 0.935 bits per heavy atom. The van der Waals surface area contributed by atoms with Crippen LogP contribution in [-0.2, 0) is 12.8 Å². The van der Waals surface area contributed by atoms with E-state index in [0.29, 0.717) is 29.5 Å². The molecular formula is C25H28O6. The topological polar surface area (TPSA) is 107 Å². The molecular weight excluding hydrogens is 396 g/mol. The molecule has 164 valence electrons. The molecule has 6 heteroatoms. The average molecular weight is 424 g/mol. The van der Waals surface area contributed by atoms with E-state index in [4.69, 9.17) is 4.74 Å². The van der Waals surface area contributed by atoms with Gasteiger partial charge < -0.3 is 25.2 Å². The Balaban J connectivity index is 2.09. The molecule has 4 N–H and O–H groups in total. The van der Waals surface area contributed by atoms with E-state index < -0.39 is 23.7 Å². The number of hydrogen-bond acceptors (Lipinski definition) is 6. The van der Waals surface area contributed by atoms with Gasteiger partial charge in [0.05, 0.1) is 0 Å². The van der Waals surface area contributed by atoms with Gasteiger partial charge in [0.15, 0.2) is 12.2 Å². The van der Waals surface area contributed by atoms with E-state index in [-0.39, 0.29) is 22.8 Å². The molecule has 1 aliphatic rings. The average Bonchev–Trinajstić information content (AvgIpc) is 2.69. The Labute approximate surface area is 181 Å². The van der Waals surface area contributed by atoms with Crippen LogP contribution in [0.4, 0.5) is 0 Å². The number of carbonyl (C=O) groups excluding carboxylic acids is 1. The van der Waals surface area contributed by atoms with E-state index in [2.05, 4.69) is 0 Å². The summed E-state index contributed by atoms with van der Waals surface area (Å²) in [6.45, 7) is 7.73. The minimum absolute atomic E-state index is 0.0641. The molecule has 0 spiro atoms. The van der Waals surface area contributed by atoms with Gasteiger partial charge in [-0.2, -0.15) is 0 Å². The lowest BCUT2D eigenvalue weighted by molar-refractivity contribution is 0.0206. The van der Waals surface area contributed by atoms with E-state index in [9.17, 15) is 25.2 Å². The molecule has 31 heavy (non-hydrogen) atoms. The normalized spacial score (nSPS) is 17.5. The summed E-state index contributed by atoms with van der Waals surface area (Å²) in [6.07, 6.45) is 2.04. The highest BCUT2D eigenvalue weighted by Crippen LogP contribution is 2.46. The zero-order chi connectivity index (χ0) is 22.9. The Morgan fingerprint density at radius 3 is 2.23 bits per heavy atom. The second-order valence-corrected chi connectivity index (χ2v) is 8.30. The van der Waals surface area contributed by atoms with E-state index in [0.717, 1.165) is 17.2 Å². The number of ether oxygens (including phenoxy) is 1. The van der Waals surface area contributed by atoms with Gasteiger partial charge in [0.2, 0.25) is 5.78 Å². The summed E-state index contributed by atoms with van der Waals surface area (Å²) in [5.41, 5.74) is 3.49. The number of aliphatic hydroxyl groups is 1. The third-order valence-electron chi connectivity index (χ3n) is 5.26. The molecule has 0 aromatic heterocycles. The number of ketones is 1. The Bertz CT molecular complexity index is 1070. The molecule has 0 radical (unpaired) electrons. The van der Waals surface area contributed by atoms with Crippen LogP contribution < -0.4 is 4.74 Å². The number of aromatic hydroxyl groups is 3. The second kappa shape index (κ2) is 8.86. The zero-order valence-corrected chi connectivity index (χ0v) is 18.1. The van der Waals surface area contributed by atoms with Crippen molar-refractivity contribution in [2.45, 2.75) is 52.7 Å². The van der Waals surface area contributed by atoms with Crippen LogP contribution in [0.3, 0.4) is 0 Å². The smallest absolute Gasteiger partial charge is 0.202 e. The summed E-state index contributed by atoms with van der Waals surface area (Å²) in [6, 6.07) is 5.88. The molecule has 2 unspecified atom stereocenters. The maximum Gasteiger partial charge on any atom is 0.202 e. The maximum absolute atomic E-state index is 12.9. The molecule has 6 nitrogen and oxygen atoms in total. The van der Waals surface area contributed by atoms with E-state index in [1.54, 1.807) is 12.1 Å². The standard InChI is InChI=1S/C25H28O6/c1-13(2)5-7-15-11-16(8-10-18(15)26)24-23(30)22(29)21-20(28)12-19(27)17(25(21)31-24)9-6-14(3)4/h5-6,8,10-12,23-24,26-28,30H,7,9H2,1-4H3. The first-order chi connectivity index (χ1) is 14.6. The summed E-state index contributed by atoms with van der Waals surface area (Å²) in [5, 5.41) is 41.5. The molecule has 0 saturated carbocycles. The predicted molar refractivity (Wildman–Crippen MR) is 118 cm³/mol. The fourth-order valence-electron chi connectivity index (χ4n) is 3.53. The van der Waals surface area contributed by atoms with Crippen molar-refractivity contribution in [3.63, 3.8) is 0 Å². The quantitative estimate of drug-likeness (QED) is 0.527. The Morgan fingerprint density at radius 2 is 1.58 bits per heavy atom. The summed E-state index contributed by atoms with van der Waals surface area (Å²) in [4.78, 5) is 12.9. The summed E-state index contributed by atoms with van der Waals surface area (Å²) in [5.74, 6) is -1.13. The number of aliphatic hydroxyl groups excluding tert-OH is 1. The largest absolute Gasteiger partial charge is 0.508 e. The van der Waals surface area contributed by atoms with Gasteiger partial charge in [-0.25, -0.2) is 0 Å². The highest BCUT2D eigenvalue weighted by Gasteiger charge is 2.40. The number of rotatable bonds is 5. The first kappa shape index (κ1) is 22.4. The lowest BCUT2D eigenvalue weighted by Crippen LogP contribution is -2.36. The van der Waals surface area contributed by atoms with Crippen LogP contribution in [0.15, 0.2) is 47.6 Å². The number of carbonyl (C=O) groups is 1. The summed E-state index contributed by atoms with van der Waals surface area (Å²) < 4.78 is 6.03. The van der Waals surface area contributed by atoms with Crippen molar-refractivity contribution in [1.82, 2.24) is 0 Å². The number of fused-ring (bicyclic) bond motifs is 1. The van der Waals surface area contributed by atoms with Crippen LogP contribution >= 0.6 is 0 Å². The molecule has 0 bridgehead atoms. The highest BCUT2D eigenvalue weighted by molar-refractivity contribution is 6.06. The molecule has 2 aromatic rings. The Hall–Kier alpha value is -3.25. The molecule has 0 saturated heterocycles. The molecule has 1 heterocycles. The molecule has 2 atom stereocenters. The van der Waals surface area contributed by atoms with E-state index >= 15 is 0 Å². The van der Waals surface area contributed by atoms with Crippen molar-refractivity contribution in [2.24, 2.45) is 0 Å². The van der Waals surface area contributed by atoms with Crippen molar-refractivity contribution in [2.75, 3.05) is 0 Å². The fourth-order valence-corrected chi connectivity index (χ4v) is 3.53. The SMILES string of the molecule is CC(C)=CCc1cc(C2Oc3c(CC=C(C)C)c(O)cc(O)c3C(=O)C2O)ccc1O. The summed E-state index contributed by atoms with van der Waals surface area (Å²) >= 11 is 0. The lowest BCUT2D eigenvalue weighted by Gasteiger charge is -2.32. The van der Waals surface area contributed by atoms with Gasteiger partial charge in [0, 0.05) is 11.6 Å². The number of allylic oxidation sites excluding steroid dienone is 4. The van der Waals surface area contributed by atoms with E-state index in [1.165, 1.54) is 6.07 Å². The molecule has 1 aliphatic heterocycles. The van der Waals surface area contributed by atoms with Crippen LogP contribution in [0.25, 0.3) is 0 Å². The maximum atomic E-state index is 12.9. The van der Waals surface area contributed by atoms with Gasteiger partial charge in [-0.1, -0.05) is 29.4 Å². The number of benzene rings is 2. The number of phenolic OH excluding ortho intramolecular Hbond substituents is 3. The lowest BCUT2D eigenvalue weighted by atomic mass is 9.89. The number of phenols is 3. The van der Waals surface area contributed by atoms with Crippen LogP contribution in [0, 0.1) is 0 Å². The Kier molecular flexibility index (Phi) is 6.41. The van der Waals surface area contributed by atoms with Gasteiger partial charge in [0.1, 0.15) is 28.6 Å². The van der Waals surface area contributed by atoms with Crippen molar-refractivity contribution >= 4 is 5.78 Å². The fraction of sp³-hybridized carbons (Fsp3) is 0.320. The third-order valence-corrected chi connectivity index (χ3v) is 5.26. The van der Waals surface area contributed by atoms with Crippen molar-refractivity contribution < 1.29 is 30.0 Å². The van der Waals surface area contributed by atoms with Gasteiger partial charge >= 0.3 is 0 Å². The van der Waals surface area contributed by atoms with Crippen molar-refractivity contribution in [3.05, 3.63) is 69.8 Å². The highest BCUT2D eigenvalue weighted by atomic mass is 16.5. The molecule has 3 rings (SSSR count). The molecule has 0 fully saturated rings. The number of Topliss-reactive ketones (excluding diaryl/α,β-unsaturated/α-hetero) is 1. The van der Waals surface area contributed by atoms with Crippen molar-refractivity contribution in [3.8, 4) is 23.0 Å². The van der Waals surface area contributed by atoms with Crippen LogP contribution in [0.2, 0.25) is 0 Å². The van der Waals surface area contributed by atoms with Gasteiger partial charge in [-0.15, -0.1) is 0 Å².